The largest absolute Gasteiger partial charge is 0.508 e. The second-order valence-corrected chi connectivity index (χ2v) is 6.77. The normalized spacial score (nSPS) is 10.9. The molecule has 0 saturated carbocycles. The van der Waals surface area contributed by atoms with Crippen molar-refractivity contribution in [2.45, 2.75) is 71.1 Å². The quantitative estimate of drug-likeness (QED) is 0.470. The zero-order valence-corrected chi connectivity index (χ0v) is 15.1. The van der Waals surface area contributed by atoms with Crippen LogP contribution in [0.25, 0.3) is 0 Å². The van der Waals surface area contributed by atoms with Crippen LogP contribution in [0.3, 0.4) is 0 Å². The molecule has 0 heterocycles. The van der Waals surface area contributed by atoms with Crippen LogP contribution in [0.15, 0.2) is 48.5 Å². The lowest BCUT2D eigenvalue weighted by molar-refractivity contribution is 0.464. The van der Waals surface area contributed by atoms with Crippen LogP contribution in [0.1, 0.15) is 68.6 Å². The summed E-state index contributed by atoms with van der Waals surface area (Å²) in [5.74, 6) is 0.478. The summed E-state index contributed by atoms with van der Waals surface area (Å²) in [6.07, 6.45) is 12.2. The lowest BCUT2D eigenvalue weighted by atomic mass is 9.95. The van der Waals surface area contributed by atoms with Gasteiger partial charge in [0.1, 0.15) is 5.75 Å². The first-order chi connectivity index (χ1) is 11.8. The molecule has 0 aliphatic carbocycles. The second-order valence-electron chi connectivity index (χ2n) is 6.77. The van der Waals surface area contributed by atoms with Gasteiger partial charge in [0.2, 0.25) is 0 Å². The monoisotopic (exact) mass is 324 g/mol. The molecule has 130 valence electrons. The van der Waals surface area contributed by atoms with Crippen LogP contribution in [0, 0.1) is 0 Å². The molecule has 0 aliphatic heterocycles. The molecule has 0 spiro atoms. The van der Waals surface area contributed by atoms with Gasteiger partial charge in [-0.3, -0.25) is 0 Å². The molecule has 0 atom stereocenters. The van der Waals surface area contributed by atoms with Crippen LogP contribution >= 0.6 is 0 Å². The zero-order chi connectivity index (χ0) is 17.0. The van der Waals surface area contributed by atoms with Crippen molar-refractivity contribution >= 4 is 0 Å². The molecular weight excluding hydrogens is 292 g/mol. The van der Waals surface area contributed by atoms with Gasteiger partial charge in [-0.1, -0.05) is 87.9 Å². The first-order valence-corrected chi connectivity index (χ1v) is 9.65. The Labute approximate surface area is 147 Å². The highest BCUT2D eigenvalue weighted by Gasteiger charge is 2.08. The Morgan fingerprint density at radius 1 is 0.667 bits per heavy atom. The summed E-state index contributed by atoms with van der Waals surface area (Å²) in [7, 11) is 0. The second kappa shape index (κ2) is 10.9. The molecule has 1 heteroatoms. The minimum atomic E-state index is 0.478. The summed E-state index contributed by atoms with van der Waals surface area (Å²) in [6, 6.07) is 16.6. The molecule has 2 aromatic carbocycles. The van der Waals surface area contributed by atoms with E-state index in [1.165, 1.54) is 61.6 Å². The number of rotatable bonds is 11. The van der Waals surface area contributed by atoms with Crippen molar-refractivity contribution in [1.82, 2.24) is 0 Å². The van der Waals surface area contributed by atoms with Crippen molar-refractivity contribution in [3.8, 4) is 5.75 Å². The third-order valence-corrected chi connectivity index (χ3v) is 4.80. The van der Waals surface area contributed by atoms with Gasteiger partial charge < -0.3 is 5.11 Å². The topological polar surface area (TPSA) is 20.2 Å². The smallest absolute Gasteiger partial charge is 0.119 e. The third kappa shape index (κ3) is 6.39. The number of phenolic OH excluding ortho intramolecular Hbond substituents is 1. The molecule has 0 saturated heterocycles. The van der Waals surface area contributed by atoms with E-state index < -0.39 is 0 Å². The van der Waals surface area contributed by atoms with E-state index in [0.29, 0.717) is 5.75 Å². The molecule has 0 fully saturated rings. The highest BCUT2D eigenvalue weighted by molar-refractivity contribution is 5.40. The number of hydrogen-bond acceptors (Lipinski definition) is 1. The number of aromatic hydroxyl groups is 1. The fourth-order valence-electron chi connectivity index (χ4n) is 3.33. The van der Waals surface area contributed by atoms with E-state index in [9.17, 15) is 5.11 Å². The van der Waals surface area contributed by atoms with Gasteiger partial charge in [0.05, 0.1) is 0 Å². The summed E-state index contributed by atoms with van der Waals surface area (Å²) in [4.78, 5) is 0. The Morgan fingerprint density at radius 3 is 2.12 bits per heavy atom. The van der Waals surface area contributed by atoms with Gasteiger partial charge in [-0.2, -0.15) is 0 Å². The predicted molar refractivity (Wildman–Crippen MR) is 104 cm³/mol. The van der Waals surface area contributed by atoms with E-state index in [2.05, 4.69) is 43.3 Å². The number of phenols is 1. The number of unbranched alkanes of at least 4 members (excludes halogenated alkanes) is 6. The maximum atomic E-state index is 10.3. The van der Waals surface area contributed by atoms with Gasteiger partial charge in [0.15, 0.2) is 0 Å². The number of hydrogen-bond donors (Lipinski definition) is 1. The predicted octanol–water partition coefficient (Wildman–Crippen LogP) is 6.47. The molecule has 24 heavy (non-hydrogen) atoms. The first kappa shape index (κ1) is 18.6. The summed E-state index contributed by atoms with van der Waals surface area (Å²) in [5.41, 5.74) is 3.84. The molecule has 0 unspecified atom stereocenters. The lowest BCUT2D eigenvalue weighted by Gasteiger charge is -2.12. The van der Waals surface area contributed by atoms with Crippen molar-refractivity contribution in [1.29, 1.82) is 0 Å². The maximum absolute atomic E-state index is 10.3. The fraction of sp³-hybridized carbons (Fsp3) is 0.478. The minimum Gasteiger partial charge on any atom is -0.508 e. The molecule has 0 radical (unpaired) electrons. The Morgan fingerprint density at radius 2 is 1.38 bits per heavy atom. The van der Waals surface area contributed by atoms with Gasteiger partial charge in [-0.25, -0.2) is 0 Å². The fourth-order valence-corrected chi connectivity index (χ4v) is 3.33. The molecule has 1 nitrogen and oxygen atoms in total. The molecule has 0 aromatic heterocycles. The van der Waals surface area contributed by atoms with Crippen molar-refractivity contribution < 1.29 is 5.11 Å². The Bertz CT molecular complexity index is 574. The van der Waals surface area contributed by atoms with Crippen LogP contribution in [0.2, 0.25) is 0 Å². The van der Waals surface area contributed by atoms with Gasteiger partial charge in [-0.05, 0) is 48.4 Å². The van der Waals surface area contributed by atoms with Gasteiger partial charge in [-0.15, -0.1) is 0 Å². The van der Waals surface area contributed by atoms with E-state index in [1.807, 2.05) is 12.1 Å². The van der Waals surface area contributed by atoms with E-state index in [4.69, 9.17) is 0 Å². The van der Waals surface area contributed by atoms with Crippen LogP contribution in [0.4, 0.5) is 0 Å². The van der Waals surface area contributed by atoms with Crippen LogP contribution in [-0.4, -0.2) is 5.11 Å². The van der Waals surface area contributed by atoms with Crippen molar-refractivity contribution in [3.63, 3.8) is 0 Å². The van der Waals surface area contributed by atoms with Crippen molar-refractivity contribution in [2.24, 2.45) is 0 Å². The zero-order valence-electron chi connectivity index (χ0n) is 15.1. The van der Waals surface area contributed by atoms with Crippen LogP contribution in [0.5, 0.6) is 5.75 Å². The average Bonchev–Trinajstić information content (AvgIpc) is 2.61. The van der Waals surface area contributed by atoms with Gasteiger partial charge in [0.25, 0.3) is 0 Å². The van der Waals surface area contributed by atoms with Crippen LogP contribution < -0.4 is 0 Å². The van der Waals surface area contributed by atoms with E-state index in [1.54, 1.807) is 0 Å². The number of aryl methyl sites for hydroxylation is 2. The van der Waals surface area contributed by atoms with E-state index in [-0.39, 0.29) is 0 Å². The Hall–Kier alpha value is -1.76. The highest BCUT2D eigenvalue weighted by Crippen LogP contribution is 2.25. The average molecular weight is 325 g/mol. The molecule has 0 bridgehead atoms. The molecule has 0 amide bonds. The lowest BCUT2D eigenvalue weighted by Crippen LogP contribution is -1.98. The van der Waals surface area contributed by atoms with E-state index in [0.717, 1.165) is 19.3 Å². The maximum Gasteiger partial charge on any atom is 0.119 e. The molecule has 1 N–H and O–H groups in total. The Kier molecular flexibility index (Phi) is 8.45. The number of benzene rings is 2. The van der Waals surface area contributed by atoms with E-state index >= 15 is 0 Å². The molecule has 0 aliphatic rings. The molecule has 2 aromatic rings. The molecular formula is C23H32O. The molecule has 2 rings (SSSR count). The summed E-state index contributed by atoms with van der Waals surface area (Å²) >= 11 is 0. The first-order valence-electron chi connectivity index (χ1n) is 9.65. The third-order valence-electron chi connectivity index (χ3n) is 4.80. The summed E-state index contributed by atoms with van der Waals surface area (Å²) < 4.78 is 0. The van der Waals surface area contributed by atoms with Crippen molar-refractivity contribution in [3.05, 3.63) is 65.2 Å². The summed E-state index contributed by atoms with van der Waals surface area (Å²) in [5, 5.41) is 10.3. The SMILES string of the molecule is CCCCCCCCCc1c(O)cccc1CCc1ccccc1. The summed E-state index contributed by atoms with van der Waals surface area (Å²) in [6.45, 7) is 2.26. The van der Waals surface area contributed by atoms with Gasteiger partial charge >= 0.3 is 0 Å². The minimum absolute atomic E-state index is 0.478. The van der Waals surface area contributed by atoms with Crippen LogP contribution in [-0.2, 0) is 19.3 Å². The highest BCUT2D eigenvalue weighted by atomic mass is 16.3. The van der Waals surface area contributed by atoms with Gasteiger partial charge in [0, 0.05) is 0 Å². The Balaban J connectivity index is 1.82. The standard InChI is InChI=1S/C23H32O/c1-2-3-4-5-6-7-11-16-22-21(15-12-17-23(22)24)19-18-20-13-9-8-10-14-20/h8-10,12-15,17,24H,2-7,11,16,18-19H2,1H3. The van der Waals surface area contributed by atoms with Crippen molar-refractivity contribution in [2.75, 3.05) is 0 Å².